The van der Waals surface area contributed by atoms with Crippen molar-refractivity contribution >= 4 is 29.9 Å². The fraction of sp³-hybridized carbons (Fsp3) is 0.533. The highest BCUT2D eigenvalue weighted by molar-refractivity contribution is 6.30. The Hall–Kier alpha value is -0.850. The lowest BCUT2D eigenvalue weighted by Gasteiger charge is -2.35. The molecule has 1 amide bonds. The van der Waals surface area contributed by atoms with E-state index in [4.69, 9.17) is 22.1 Å². The Kier molecular flexibility index (Phi) is 8.14. The maximum atomic E-state index is 11.7. The third-order valence-corrected chi connectivity index (χ3v) is 3.88. The van der Waals surface area contributed by atoms with Crippen molar-refractivity contribution in [2.75, 3.05) is 32.8 Å². The fourth-order valence-corrected chi connectivity index (χ4v) is 2.52. The first-order valence-corrected chi connectivity index (χ1v) is 7.56. The van der Waals surface area contributed by atoms with Crippen LogP contribution in [-0.4, -0.2) is 49.7 Å². The van der Waals surface area contributed by atoms with Crippen molar-refractivity contribution in [1.82, 2.24) is 10.2 Å². The number of amides is 1. The summed E-state index contributed by atoms with van der Waals surface area (Å²) in [6.45, 7) is 5.34. The monoisotopic (exact) mass is 347 g/mol. The van der Waals surface area contributed by atoms with Gasteiger partial charge in [-0.05, 0) is 24.6 Å². The van der Waals surface area contributed by atoms with Crippen LogP contribution in [0.1, 0.15) is 18.5 Å². The van der Waals surface area contributed by atoms with Gasteiger partial charge in [0.05, 0.1) is 25.3 Å². The van der Waals surface area contributed by atoms with Crippen LogP contribution in [0.15, 0.2) is 24.3 Å². The number of benzene rings is 1. The van der Waals surface area contributed by atoms with Crippen molar-refractivity contribution < 1.29 is 9.53 Å². The molecular weight excluding hydrogens is 325 g/mol. The second kappa shape index (κ2) is 9.33. The Bertz CT molecular complexity index is 462. The SMILES string of the molecule is CC(N)C(=O)NCC(c1ccc(Cl)cc1)N1CCOCC1.Cl. The van der Waals surface area contributed by atoms with Crippen LogP contribution >= 0.6 is 24.0 Å². The van der Waals surface area contributed by atoms with Crippen LogP contribution in [0, 0.1) is 0 Å². The van der Waals surface area contributed by atoms with E-state index in [1.165, 1.54) is 0 Å². The number of morpholine rings is 1. The van der Waals surface area contributed by atoms with Gasteiger partial charge < -0.3 is 15.8 Å². The molecule has 3 N–H and O–H groups in total. The molecule has 0 spiro atoms. The molecule has 7 heteroatoms. The molecule has 2 atom stereocenters. The van der Waals surface area contributed by atoms with Crippen LogP contribution in [0.3, 0.4) is 0 Å². The van der Waals surface area contributed by atoms with Gasteiger partial charge in [-0.15, -0.1) is 12.4 Å². The Balaban J connectivity index is 0.00000242. The Morgan fingerprint density at radius 3 is 2.50 bits per heavy atom. The summed E-state index contributed by atoms with van der Waals surface area (Å²) in [6, 6.07) is 7.35. The zero-order chi connectivity index (χ0) is 15.2. The number of hydrogen-bond acceptors (Lipinski definition) is 4. The molecule has 2 rings (SSSR count). The summed E-state index contributed by atoms with van der Waals surface area (Å²) in [4.78, 5) is 14.0. The van der Waals surface area contributed by atoms with Crippen LogP contribution in [0.25, 0.3) is 0 Å². The van der Waals surface area contributed by atoms with Crippen molar-refractivity contribution in [3.05, 3.63) is 34.9 Å². The first-order valence-electron chi connectivity index (χ1n) is 7.18. The third kappa shape index (κ3) is 5.41. The van der Waals surface area contributed by atoms with Crippen molar-refractivity contribution in [2.45, 2.75) is 19.0 Å². The molecular formula is C15H23Cl2N3O2. The summed E-state index contributed by atoms with van der Waals surface area (Å²) in [5.74, 6) is -0.137. The standard InChI is InChI=1S/C15H22ClN3O2.ClH/c1-11(17)15(20)18-10-14(19-6-8-21-9-7-19)12-2-4-13(16)5-3-12;/h2-5,11,14H,6-10,17H2,1H3,(H,18,20);1H. The zero-order valence-corrected chi connectivity index (χ0v) is 14.2. The first kappa shape index (κ1) is 19.2. The van der Waals surface area contributed by atoms with Gasteiger partial charge in [0.25, 0.3) is 0 Å². The van der Waals surface area contributed by atoms with E-state index < -0.39 is 6.04 Å². The predicted octanol–water partition coefficient (Wildman–Crippen LogP) is 1.60. The molecule has 0 aliphatic carbocycles. The number of hydrogen-bond donors (Lipinski definition) is 2. The fourth-order valence-electron chi connectivity index (χ4n) is 2.39. The van der Waals surface area contributed by atoms with Crippen LogP contribution in [0.4, 0.5) is 0 Å². The minimum atomic E-state index is -0.499. The number of ether oxygens (including phenoxy) is 1. The van der Waals surface area contributed by atoms with Crippen molar-refractivity contribution in [3.8, 4) is 0 Å². The minimum Gasteiger partial charge on any atom is -0.379 e. The van der Waals surface area contributed by atoms with Crippen LogP contribution in [-0.2, 0) is 9.53 Å². The van der Waals surface area contributed by atoms with Gasteiger partial charge in [0.15, 0.2) is 0 Å². The second-order valence-electron chi connectivity index (χ2n) is 5.25. The maximum absolute atomic E-state index is 11.7. The predicted molar refractivity (Wildman–Crippen MR) is 90.5 cm³/mol. The van der Waals surface area contributed by atoms with Crippen LogP contribution in [0.5, 0.6) is 0 Å². The molecule has 0 aromatic heterocycles. The topological polar surface area (TPSA) is 67.6 Å². The van der Waals surface area contributed by atoms with E-state index in [9.17, 15) is 4.79 Å². The number of carbonyl (C=O) groups is 1. The number of nitrogens with two attached hydrogens (primary N) is 1. The Morgan fingerprint density at radius 1 is 1.36 bits per heavy atom. The molecule has 1 aliphatic rings. The van der Waals surface area contributed by atoms with Crippen molar-refractivity contribution in [3.63, 3.8) is 0 Å². The summed E-state index contributed by atoms with van der Waals surface area (Å²) in [5, 5.41) is 3.62. The molecule has 1 aromatic carbocycles. The van der Waals surface area contributed by atoms with Gasteiger partial charge in [-0.2, -0.15) is 0 Å². The van der Waals surface area contributed by atoms with Crippen molar-refractivity contribution in [1.29, 1.82) is 0 Å². The summed E-state index contributed by atoms with van der Waals surface area (Å²) < 4.78 is 5.40. The summed E-state index contributed by atoms with van der Waals surface area (Å²) in [6.07, 6.45) is 0. The Labute approximate surface area is 142 Å². The van der Waals surface area contributed by atoms with Crippen LogP contribution in [0.2, 0.25) is 5.02 Å². The first-order chi connectivity index (χ1) is 10.1. The number of halogens is 2. The highest BCUT2D eigenvalue weighted by Gasteiger charge is 2.23. The number of rotatable bonds is 5. The molecule has 1 aromatic rings. The quantitative estimate of drug-likeness (QED) is 0.848. The number of carbonyl (C=O) groups excluding carboxylic acids is 1. The summed E-state index contributed by atoms with van der Waals surface area (Å²) in [7, 11) is 0. The average molecular weight is 348 g/mol. The molecule has 1 aliphatic heterocycles. The van der Waals surface area contributed by atoms with Gasteiger partial charge in [0, 0.05) is 24.7 Å². The van der Waals surface area contributed by atoms with Crippen molar-refractivity contribution in [2.24, 2.45) is 5.73 Å². The second-order valence-corrected chi connectivity index (χ2v) is 5.69. The van der Waals surface area contributed by atoms with E-state index in [2.05, 4.69) is 10.2 Å². The molecule has 1 saturated heterocycles. The molecule has 0 radical (unpaired) electrons. The molecule has 5 nitrogen and oxygen atoms in total. The van der Waals surface area contributed by atoms with E-state index in [1.807, 2.05) is 24.3 Å². The molecule has 0 saturated carbocycles. The van der Waals surface area contributed by atoms with Gasteiger partial charge in [0.1, 0.15) is 0 Å². The normalized spacial score (nSPS) is 18.1. The van der Waals surface area contributed by atoms with E-state index in [0.29, 0.717) is 24.8 Å². The van der Waals surface area contributed by atoms with Gasteiger partial charge in [0.2, 0.25) is 5.91 Å². The number of nitrogens with zero attached hydrogens (tertiary/aromatic N) is 1. The van der Waals surface area contributed by atoms with Crippen LogP contribution < -0.4 is 11.1 Å². The zero-order valence-electron chi connectivity index (χ0n) is 12.6. The summed E-state index contributed by atoms with van der Waals surface area (Å²) in [5.41, 5.74) is 6.73. The lowest BCUT2D eigenvalue weighted by molar-refractivity contribution is -0.122. The van der Waals surface area contributed by atoms with Gasteiger partial charge in [-0.25, -0.2) is 0 Å². The molecule has 1 fully saturated rings. The van der Waals surface area contributed by atoms with E-state index in [0.717, 1.165) is 18.7 Å². The molecule has 1 heterocycles. The highest BCUT2D eigenvalue weighted by Crippen LogP contribution is 2.23. The largest absolute Gasteiger partial charge is 0.379 e. The molecule has 124 valence electrons. The molecule has 0 bridgehead atoms. The molecule has 2 unspecified atom stereocenters. The Morgan fingerprint density at radius 2 is 1.95 bits per heavy atom. The van der Waals surface area contributed by atoms with Gasteiger partial charge in [-0.3, -0.25) is 9.69 Å². The lowest BCUT2D eigenvalue weighted by atomic mass is 10.0. The minimum absolute atomic E-state index is 0. The lowest BCUT2D eigenvalue weighted by Crippen LogP contribution is -2.46. The van der Waals surface area contributed by atoms with Gasteiger partial charge >= 0.3 is 0 Å². The molecule has 22 heavy (non-hydrogen) atoms. The highest BCUT2D eigenvalue weighted by atomic mass is 35.5. The van der Waals surface area contributed by atoms with Gasteiger partial charge in [-0.1, -0.05) is 23.7 Å². The maximum Gasteiger partial charge on any atom is 0.236 e. The van der Waals surface area contributed by atoms with E-state index >= 15 is 0 Å². The smallest absolute Gasteiger partial charge is 0.236 e. The summed E-state index contributed by atoms with van der Waals surface area (Å²) >= 11 is 5.95. The third-order valence-electron chi connectivity index (χ3n) is 3.62. The average Bonchev–Trinajstić information content (AvgIpc) is 2.50. The van der Waals surface area contributed by atoms with E-state index in [1.54, 1.807) is 6.92 Å². The van der Waals surface area contributed by atoms with E-state index in [-0.39, 0.29) is 24.4 Å². The number of nitrogens with one attached hydrogen (secondary N) is 1.